The molecule has 45 heavy (non-hydrogen) atoms. The minimum atomic E-state index is -5.51. The van der Waals surface area contributed by atoms with Gasteiger partial charge in [-0.25, -0.2) is 0 Å². The van der Waals surface area contributed by atoms with Crippen LogP contribution in [0.3, 0.4) is 0 Å². The lowest BCUT2D eigenvalue weighted by Gasteiger charge is -2.31. The Hall–Kier alpha value is 0.420. The molecule has 0 aliphatic carbocycles. The maximum Gasteiger partial charge on any atom is 0.338 e. The second-order valence-corrected chi connectivity index (χ2v) is 21.6. The van der Waals surface area contributed by atoms with Crippen molar-refractivity contribution in [3.63, 3.8) is 0 Å². The maximum absolute atomic E-state index is 12.4. The zero-order chi connectivity index (χ0) is 35.6. The molecule has 19 nitrogen and oxygen atoms in total. The van der Waals surface area contributed by atoms with E-state index in [2.05, 4.69) is 0 Å². The van der Waals surface area contributed by atoms with E-state index in [1.807, 2.05) is 0 Å². The summed E-state index contributed by atoms with van der Waals surface area (Å²) in [6, 6.07) is 0. The zero-order valence-corrected chi connectivity index (χ0v) is 30.4. The molecule has 10 N–H and O–H groups in total. The van der Waals surface area contributed by atoms with E-state index in [0.29, 0.717) is 0 Å². The Morgan fingerprint density at radius 1 is 0.644 bits per heavy atom. The zero-order valence-electron chi connectivity index (χ0n) is 24.3. The van der Waals surface area contributed by atoms with Gasteiger partial charge in [0, 0.05) is 7.11 Å². The Bertz CT molecular complexity index is 1200. The third-order valence-electron chi connectivity index (χ3n) is 6.44. The molecule has 0 amide bonds. The van der Waals surface area contributed by atoms with E-state index in [4.69, 9.17) is 26.4 Å². The molecule has 0 spiro atoms. The molecule has 268 valence electrons. The second kappa shape index (κ2) is 19.0. The first kappa shape index (κ1) is 45.4. The van der Waals surface area contributed by atoms with Gasteiger partial charge in [0.1, 0.15) is 11.6 Å². The number of hydrogen-bond donors (Lipinski definition) is 10. The fraction of sp³-hybridized carbons (Fsp3) is 0.895. The van der Waals surface area contributed by atoms with Crippen LogP contribution in [0.1, 0.15) is 46.0 Å². The quantitative estimate of drug-likeness (QED) is 0.0341. The highest BCUT2D eigenvalue weighted by Gasteiger charge is 2.47. The molecule has 0 aromatic rings. The van der Waals surface area contributed by atoms with Crippen molar-refractivity contribution in [3.8, 4) is 0 Å². The lowest BCUT2D eigenvalue weighted by Crippen LogP contribution is -2.29. The lowest BCUT2D eigenvalue weighted by atomic mass is 10.00. The predicted molar refractivity (Wildman–Crippen MR) is 166 cm³/mol. The summed E-state index contributed by atoms with van der Waals surface area (Å²) in [6.45, 7) is 2.50. The standard InChI is InChI=1S/C19H41O19P5S2/c1-4-37-19(44)45-17(43(33,34)35)11-16(42(30,31)32)10-15(41(27,28)29)9-14(40(24,25)26)8-13(39(21,22)23)7-12(2)18(20)38-6-5-36-3/h12-17H,4-11H2,1-3H3,(H2,21,22,23)(H2,24,25,26)(H2,27,28,29)(H2,30,31,32)(H2,33,34,35). The third-order valence-corrected chi connectivity index (χ3v) is 15.2. The van der Waals surface area contributed by atoms with Crippen LogP contribution >= 0.6 is 62.0 Å². The molecule has 0 fully saturated rings. The van der Waals surface area contributed by atoms with E-state index in [0.717, 1.165) is 0 Å². The third kappa shape index (κ3) is 18.1. The molecule has 0 aliphatic rings. The highest BCUT2D eigenvalue weighted by Crippen LogP contribution is 2.60. The van der Waals surface area contributed by atoms with Crippen LogP contribution < -0.4 is 0 Å². The number of methoxy groups -OCH3 is 1. The monoisotopic (exact) mass is 792 g/mol. The molecule has 0 saturated carbocycles. The van der Waals surface area contributed by atoms with Crippen LogP contribution in [0.15, 0.2) is 0 Å². The Kier molecular flexibility index (Phi) is 19.2. The Morgan fingerprint density at radius 2 is 1.02 bits per heavy atom. The van der Waals surface area contributed by atoms with Crippen LogP contribution in [-0.4, -0.2) is 114 Å². The molecule has 0 aromatic heterocycles. The number of hydrogen-bond acceptors (Lipinski definition) is 11. The van der Waals surface area contributed by atoms with E-state index < -0.39 is 114 Å². The second-order valence-electron chi connectivity index (χ2n) is 10.1. The van der Waals surface area contributed by atoms with Gasteiger partial charge in [-0.15, -0.1) is 0 Å². The van der Waals surface area contributed by atoms with Crippen molar-refractivity contribution in [2.75, 3.05) is 26.9 Å². The summed E-state index contributed by atoms with van der Waals surface area (Å²) in [5.41, 5.74) is -8.56. The Balaban J connectivity index is 6.42. The molecule has 0 saturated heterocycles. The molecule has 6 atom stereocenters. The van der Waals surface area contributed by atoms with Crippen molar-refractivity contribution in [3.05, 3.63) is 0 Å². The lowest BCUT2D eigenvalue weighted by molar-refractivity contribution is -0.149. The predicted octanol–water partition coefficient (Wildman–Crippen LogP) is 1.51. The van der Waals surface area contributed by atoms with Gasteiger partial charge in [0.2, 0.25) is 4.38 Å². The van der Waals surface area contributed by atoms with E-state index in [1.54, 1.807) is 0 Å². The summed E-state index contributed by atoms with van der Waals surface area (Å²) in [6.07, 6.45) is -5.26. The minimum Gasteiger partial charge on any atom is -0.479 e. The summed E-state index contributed by atoms with van der Waals surface area (Å²) in [4.78, 5) is 109. The molecular formula is C19H41O19P5S2. The molecule has 0 rings (SSSR count). The number of ether oxygens (including phenoxy) is 3. The summed E-state index contributed by atoms with van der Waals surface area (Å²) >= 11 is 5.08. The fourth-order valence-electron chi connectivity index (χ4n) is 4.05. The Labute approximate surface area is 269 Å². The van der Waals surface area contributed by atoms with Gasteiger partial charge in [-0.3, -0.25) is 27.6 Å². The Morgan fingerprint density at radius 3 is 1.36 bits per heavy atom. The number of thioether (sulfide) groups is 1. The molecular weight excluding hydrogens is 751 g/mol. The topological polar surface area (TPSA) is 332 Å². The van der Waals surface area contributed by atoms with Gasteiger partial charge in [0.15, 0.2) is 0 Å². The van der Waals surface area contributed by atoms with Crippen LogP contribution in [0.5, 0.6) is 0 Å². The molecule has 0 aliphatic heterocycles. The van der Waals surface area contributed by atoms with Gasteiger partial charge in [0.05, 0.1) is 41.8 Å². The molecule has 6 unspecified atom stereocenters. The summed E-state index contributed by atoms with van der Waals surface area (Å²) in [5.74, 6) is -2.13. The molecule has 0 heterocycles. The SMILES string of the molecule is CCOC(=S)SC(CC(CC(CC(CC(CC(C)C(=O)OCCOC)P(=O)(O)O)P(=O)(O)O)P(=O)(O)O)P(=O)(O)O)P(=O)(O)O. The summed E-state index contributed by atoms with van der Waals surface area (Å²) < 4.78 is 75.7. The van der Waals surface area contributed by atoms with Crippen molar-refractivity contribution >= 4 is 72.3 Å². The number of carbonyl (C=O) groups is 1. The van der Waals surface area contributed by atoms with Gasteiger partial charge in [-0.2, -0.15) is 0 Å². The first-order valence-corrected chi connectivity index (χ1v) is 22.6. The molecule has 0 aromatic carbocycles. The van der Waals surface area contributed by atoms with Crippen molar-refractivity contribution in [1.29, 1.82) is 0 Å². The number of rotatable bonds is 21. The average Bonchev–Trinajstić information content (AvgIpc) is 2.82. The van der Waals surface area contributed by atoms with Crippen LogP contribution in [0.4, 0.5) is 0 Å². The number of carbonyl (C=O) groups excluding carboxylic acids is 1. The van der Waals surface area contributed by atoms with Gasteiger partial charge in [0.25, 0.3) is 0 Å². The van der Waals surface area contributed by atoms with Crippen LogP contribution in [0, 0.1) is 5.92 Å². The van der Waals surface area contributed by atoms with Crippen LogP contribution in [0.25, 0.3) is 0 Å². The van der Waals surface area contributed by atoms with E-state index in [1.165, 1.54) is 21.0 Å². The van der Waals surface area contributed by atoms with Gasteiger partial charge >= 0.3 is 43.9 Å². The van der Waals surface area contributed by atoms with Crippen LogP contribution in [0.2, 0.25) is 0 Å². The van der Waals surface area contributed by atoms with Gasteiger partial charge < -0.3 is 63.1 Å². The molecule has 0 radical (unpaired) electrons. The summed E-state index contributed by atoms with van der Waals surface area (Å²) in [7, 11) is -25.5. The molecule has 0 bridgehead atoms. The highest BCUT2D eigenvalue weighted by molar-refractivity contribution is 8.25. The fourth-order valence-corrected chi connectivity index (χ4v) is 11.9. The maximum atomic E-state index is 12.4. The van der Waals surface area contributed by atoms with Gasteiger partial charge in [-0.05, 0) is 51.2 Å². The first-order chi connectivity index (χ1) is 20.1. The summed E-state index contributed by atoms with van der Waals surface area (Å²) in [5, 5.41) is 0. The largest absolute Gasteiger partial charge is 0.479 e. The minimum absolute atomic E-state index is 0.00677. The van der Waals surface area contributed by atoms with Crippen molar-refractivity contribution < 1.29 is 90.8 Å². The smallest absolute Gasteiger partial charge is 0.338 e. The number of esters is 1. The normalized spacial score (nSPS) is 17.5. The van der Waals surface area contributed by atoms with Crippen molar-refractivity contribution in [1.82, 2.24) is 0 Å². The van der Waals surface area contributed by atoms with Gasteiger partial charge in [-0.1, -0.05) is 18.7 Å². The number of thiocarbonyl (C=S) groups is 1. The van der Waals surface area contributed by atoms with E-state index >= 15 is 0 Å². The van der Waals surface area contributed by atoms with Crippen molar-refractivity contribution in [2.24, 2.45) is 5.92 Å². The highest BCUT2D eigenvalue weighted by atomic mass is 32.2. The molecule has 26 heteroatoms. The van der Waals surface area contributed by atoms with E-state index in [9.17, 15) is 76.6 Å². The first-order valence-electron chi connectivity index (χ1n) is 12.9. The van der Waals surface area contributed by atoms with Crippen molar-refractivity contribution in [2.45, 2.75) is 73.6 Å². The average molecular weight is 793 g/mol. The van der Waals surface area contributed by atoms with Crippen LogP contribution in [-0.2, 0) is 41.8 Å². The van der Waals surface area contributed by atoms with E-state index in [-0.39, 0.29) is 31.6 Å².